The summed E-state index contributed by atoms with van der Waals surface area (Å²) in [4.78, 5) is 25.5. The molecule has 0 unspecified atom stereocenters. The van der Waals surface area contributed by atoms with Crippen LogP contribution in [0.4, 0.5) is 10.1 Å². The van der Waals surface area contributed by atoms with E-state index in [1.807, 2.05) is 24.3 Å². The highest BCUT2D eigenvalue weighted by Gasteiger charge is 2.17. The molecule has 0 atom stereocenters. The molecule has 0 aliphatic rings. The quantitative estimate of drug-likeness (QED) is 0.578. The number of amides is 1. The van der Waals surface area contributed by atoms with Crippen molar-refractivity contribution in [3.63, 3.8) is 0 Å². The third kappa shape index (κ3) is 3.14. The topological polar surface area (TPSA) is 77.6 Å². The van der Waals surface area contributed by atoms with Crippen molar-refractivity contribution in [3.05, 3.63) is 76.5 Å². The van der Waals surface area contributed by atoms with Gasteiger partial charge in [-0.05, 0) is 36.4 Å². The third-order valence-corrected chi connectivity index (χ3v) is 4.43. The number of hydrogen-bond acceptors (Lipinski definition) is 4. The summed E-state index contributed by atoms with van der Waals surface area (Å²) < 4.78 is 21.2. The van der Waals surface area contributed by atoms with Crippen LogP contribution in [0.25, 0.3) is 16.6 Å². The number of carbonyl (C=O) groups is 1. The van der Waals surface area contributed by atoms with Gasteiger partial charge in [0.05, 0.1) is 17.6 Å². The summed E-state index contributed by atoms with van der Waals surface area (Å²) in [5.41, 5.74) is 1.96. The molecular formula is C20H17FN4O3. The van der Waals surface area contributed by atoms with E-state index in [1.165, 1.54) is 34.8 Å². The van der Waals surface area contributed by atoms with E-state index in [0.29, 0.717) is 35.4 Å². The van der Waals surface area contributed by atoms with Crippen LogP contribution >= 0.6 is 0 Å². The van der Waals surface area contributed by atoms with E-state index < -0.39 is 11.7 Å². The average Bonchev–Trinajstić information content (AvgIpc) is 3.16. The van der Waals surface area contributed by atoms with Gasteiger partial charge in [0.1, 0.15) is 11.3 Å². The molecule has 2 aromatic carbocycles. The monoisotopic (exact) mass is 380 g/mol. The van der Waals surface area contributed by atoms with E-state index in [2.05, 4.69) is 10.4 Å². The van der Waals surface area contributed by atoms with Gasteiger partial charge in [-0.25, -0.2) is 8.91 Å². The highest BCUT2D eigenvalue weighted by atomic mass is 19.1. The molecule has 1 amide bonds. The highest BCUT2D eigenvalue weighted by molar-refractivity contribution is 6.03. The lowest BCUT2D eigenvalue weighted by molar-refractivity contribution is 0.102. The molecule has 1 N–H and O–H groups in total. The van der Waals surface area contributed by atoms with Gasteiger partial charge in [-0.3, -0.25) is 9.59 Å². The zero-order chi connectivity index (χ0) is 19.7. The molecule has 0 aliphatic carbocycles. The van der Waals surface area contributed by atoms with E-state index >= 15 is 0 Å². The fourth-order valence-electron chi connectivity index (χ4n) is 3.08. The molecule has 0 saturated heterocycles. The Bertz CT molecular complexity index is 1230. The SMILES string of the molecule is COCCn1c(=O)c2cc(C(=O)Nc3ccc(F)cc3)nn2c2ccccc21. The first-order valence-corrected chi connectivity index (χ1v) is 8.65. The molecule has 4 rings (SSSR count). The van der Waals surface area contributed by atoms with Crippen molar-refractivity contribution < 1.29 is 13.9 Å². The minimum Gasteiger partial charge on any atom is -0.383 e. The maximum absolute atomic E-state index is 13.0. The Balaban J connectivity index is 1.81. The lowest BCUT2D eigenvalue weighted by Crippen LogP contribution is -2.24. The number of aromatic nitrogens is 3. The number of nitrogens with zero attached hydrogens (tertiary/aromatic N) is 3. The summed E-state index contributed by atoms with van der Waals surface area (Å²) in [6.07, 6.45) is 0. The average molecular weight is 380 g/mol. The van der Waals surface area contributed by atoms with E-state index in [-0.39, 0.29) is 11.3 Å². The molecule has 0 saturated carbocycles. The molecular weight excluding hydrogens is 363 g/mol. The van der Waals surface area contributed by atoms with Crippen LogP contribution in [-0.4, -0.2) is 33.8 Å². The molecule has 0 fully saturated rings. The molecule has 2 heterocycles. The van der Waals surface area contributed by atoms with Crippen LogP contribution < -0.4 is 10.9 Å². The number of nitrogens with one attached hydrogen (secondary N) is 1. The maximum atomic E-state index is 13.0. The number of hydrogen-bond donors (Lipinski definition) is 1. The van der Waals surface area contributed by atoms with Crippen LogP contribution in [0, 0.1) is 5.82 Å². The van der Waals surface area contributed by atoms with Crippen molar-refractivity contribution in [2.75, 3.05) is 19.0 Å². The number of ether oxygens (including phenoxy) is 1. The Hall–Kier alpha value is -3.52. The predicted octanol–water partition coefficient (Wildman–Crippen LogP) is 2.69. The predicted molar refractivity (Wildman–Crippen MR) is 103 cm³/mol. The summed E-state index contributed by atoms with van der Waals surface area (Å²) >= 11 is 0. The second kappa shape index (κ2) is 7.24. The van der Waals surface area contributed by atoms with Crippen molar-refractivity contribution in [1.82, 2.24) is 14.2 Å². The summed E-state index contributed by atoms with van der Waals surface area (Å²) in [5.74, 6) is -0.879. The number of methoxy groups -OCH3 is 1. The lowest BCUT2D eigenvalue weighted by atomic mass is 10.2. The van der Waals surface area contributed by atoms with Crippen LogP contribution in [-0.2, 0) is 11.3 Å². The summed E-state index contributed by atoms with van der Waals surface area (Å²) in [5, 5.41) is 6.98. The van der Waals surface area contributed by atoms with E-state index in [9.17, 15) is 14.0 Å². The second-order valence-electron chi connectivity index (χ2n) is 6.23. The van der Waals surface area contributed by atoms with Gasteiger partial charge in [-0.2, -0.15) is 5.10 Å². The van der Waals surface area contributed by atoms with Gasteiger partial charge in [0.25, 0.3) is 11.5 Å². The van der Waals surface area contributed by atoms with Crippen LogP contribution in [0.3, 0.4) is 0 Å². The first kappa shape index (κ1) is 17.9. The van der Waals surface area contributed by atoms with Crippen LogP contribution in [0.1, 0.15) is 10.5 Å². The molecule has 8 heteroatoms. The minimum atomic E-state index is -0.484. The third-order valence-electron chi connectivity index (χ3n) is 4.43. The summed E-state index contributed by atoms with van der Waals surface area (Å²) in [6.45, 7) is 0.765. The molecule has 4 aromatic rings. The Morgan fingerprint density at radius 3 is 2.54 bits per heavy atom. The largest absolute Gasteiger partial charge is 0.383 e. The van der Waals surface area contributed by atoms with Crippen molar-refractivity contribution in [3.8, 4) is 0 Å². The smallest absolute Gasteiger partial charge is 0.277 e. The van der Waals surface area contributed by atoms with Gasteiger partial charge in [-0.1, -0.05) is 12.1 Å². The molecule has 28 heavy (non-hydrogen) atoms. The first-order valence-electron chi connectivity index (χ1n) is 8.65. The maximum Gasteiger partial charge on any atom is 0.277 e. The fourth-order valence-corrected chi connectivity index (χ4v) is 3.08. The summed E-state index contributed by atoms with van der Waals surface area (Å²) in [6, 6.07) is 14.2. The Labute approximate surface area is 159 Å². The fraction of sp³-hybridized carbons (Fsp3) is 0.150. The van der Waals surface area contributed by atoms with Gasteiger partial charge in [-0.15, -0.1) is 0 Å². The second-order valence-corrected chi connectivity index (χ2v) is 6.23. The molecule has 0 bridgehead atoms. The molecule has 142 valence electrons. The minimum absolute atomic E-state index is 0.0936. The summed E-state index contributed by atoms with van der Waals surface area (Å²) in [7, 11) is 1.57. The number of anilines is 1. The molecule has 0 radical (unpaired) electrons. The van der Waals surface area contributed by atoms with Crippen molar-refractivity contribution in [1.29, 1.82) is 0 Å². The van der Waals surface area contributed by atoms with Gasteiger partial charge in [0.2, 0.25) is 0 Å². The number of halogens is 1. The first-order chi connectivity index (χ1) is 13.6. The standard InChI is InChI=1S/C20H17FN4O3/c1-28-11-10-24-16-4-2-3-5-17(16)25-18(20(24)27)12-15(23-25)19(26)22-14-8-6-13(21)7-9-14/h2-9,12H,10-11H2,1H3,(H,22,26). The lowest BCUT2D eigenvalue weighted by Gasteiger charge is -2.11. The van der Waals surface area contributed by atoms with E-state index in [1.54, 1.807) is 11.7 Å². The van der Waals surface area contributed by atoms with E-state index in [0.717, 1.165) is 0 Å². The molecule has 2 aromatic heterocycles. The normalized spacial score (nSPS) is 11.2. The number of carbonyl (C=O) groups excluding carboxylic acids is 1. The Morgan fingerprint density at radius 2 is 1.82 bits per heavy atom. The zero-order valence-corrected chi connectivity index (χ0v) is 15.1. The van der Waals surface area contributed by atoms with E-state index in [4.69, 9.17) is 4.74 Å². The van der Waals surface area contributed by atoms with Gasteiger partial charge < -0.3 is 14.6 Å². The molecule has 7 nitrogen and oxygen atoms in total. The number of rotatable bonds is 5. The van der Waals surface area contributed by atoms with Crippen LogP contribution in [0.5, 0.6) is 0 Å². The Kier molecular flexibility index (Phi) is 4.62. The van der Waals surface area contributed by atoms with Crippen LogP contribution in [0.2, 0.25) is 0 Å². The number of benzene rings is 2. The highest BCUT2D eigenvalue weighted by Crippen LogP contribution is 2.16. The molecule has 0 aliphatic heterocycles. The van der Waals surface area contributed by atoms with Crippen molar-refractivity contribution >= 4 is 28.1 Å². The van der Waals surface area contributed by atoms with Crippen molar-refractivity contribution in [2.45, 2.75) is 6.54 Å². The molecule has 0 spiro atoms. The Morgan fingerprint density at radius 1 is 1.11 bits per heavy atom. The zero-order valence-electron chi connectivity index (χ0n) is 15.1. The van der Waals surface area contributed by atoms with Crippen molar-refractivity contribution in [2.24, 2.45) is 0 Å². The van der Waals surface area contributed by atoms with Gasteiger partial charge >= 0.3 is 0 Å². The van der Waals surface area contributed by atoms with Crippen LogP contribution in [0.15, 0.2) is 59.4 Å². The number of para-hydroxylation sites is 2. The van der Waals surface area contributed by atoms with Gasteiger partial charge in [0.15, 0.2) is 5.69 Å². The number of fused-ring (bicyclic) bond motifs is 3. The van der Waals surface area contributed by atoms with Gasteiger partial charge in [0, 0.05) is 25.4 Å².